The van der Waals surface area contributed by atoms with Crippen molar-refractivity contribution in [1.82, 2.24) is 15.6 Å². The van der Waals surface area contributed by atoms with Crippen LogP contribution in [0.2, 0.25) is 0 Å². The van der Waals surface area contributed by atoms with E-state index in [4.69, 9.17) is 4.99 Å². The number of hydrogen-bond donors (Lipinski definition) is 2. The molecule has 2 N–H and O–H groups in total. The third-order valence-electron chi connectivity index (χ3n) is 3.56. The number of aromatic nitrogens is 1. The van der Waals surface area contributed by atoms with Crippen molar-refractivity contribution in [2.24, 2.45) is 10.9 Å². The molecule has 2 heterocycles. The maximum absolute atomic E-state index is 4.73. The highest BCUT2D eigenvalue weighted by Gasteiger charge is 2.05. The Labute approximate surface area is 176 Å². The summed E-state index contributed by atoms with van der Waals surface area (Å²) in [5.41, 5.74) is 1.12. The zero-order valence-electron chi connectivity index (χ0n) is 15.2. The molecular formula is C18H29IN4S2. The molecule has 0 saturated carbocycles. The van der Waals surface area contributed by atoms with E-state index in [1.54, 1.807) is 11.3 Å². The van der Waals surface area contributed by atoms with Crippen LogP contribution in [-0.4, -0.2) is 30.6 Å². The fraction of sp³-hybridized carbons (Fsp3) is 0.556. The van der Waals surface area contributed by atoms with E-state index in [0.29, 0.717) is 5.92 Å². The van der Waals surface area contributed by atoms with E-state index >= 15 is 0 Å². The third-order valence-corrected chi connectivity index (χ3v) is 5.49. The zero-order valence-corrected chi connectivity index (χ0v) is 19.2. The Bertz CT molecular complexity index is 610. The summed E-state index contributed by atoms with van der Waals surface area (Å²) in [4.78, 5) is 10.7. The van der Waals surface area contributed by atoms with Gasteiger partial charge in [-0.15, -0.1) is 46.7 Å². The number of nitrogens with zero attached hydrogens (tertiary/aromatic N) is 2. The van der Waals surface area contributed by atoms with E-state index in [1.807, 2.05) is 18.3 Å². The number of thiazole rings is 1. The van der Waals surface area contributed by atoms with Crippen LogP contribution in [-0.2, 0) is 12.8 Å². The van der Waals surface area contributed by atoms with E-state index in [-0.39, 0.29) is 24.0 Å². The van der Waals surface area contributed by atoms with Crippen molar-refractivity contribution in [3.8, 4) is 0 Å². The summed E-state index contributed by atoms with van der Waals surface area (Å²) < 4.78 is 0. The lowest BCUT2D eigenvalue weighted by Crippen LogP contribution is -2.38. The molecule has 2 rings (SSSR count). The van der Waals surface area contributed by atoms with Gasteiger partial charge in [0.05, 0.1) is 5.01 Å². The van der Waals surface area contributed by atoms with E-state index < -0.39 is 0 Å². The Morgan fingerprint density at radius 3 is 2.80 bits per heavy atom. The highest BCUT2D eigenvalue weighted by molar-refractivity contribution is 14.0. The van der Waals surface area contributed by atoms with Crippen molar-refractivity contribution < 1.29 is 0 Å². The van der Waals surface area contributed by atoms with Crippen LogP contribution in [0.5, 0.6) is 0 Å². The van der Waals surface area contributed by atoms with Gasteiger partial charge in [-0.3, -0.25) is 4.99 Å². The first-order valence-corrected chi connectivity index (χ1v) is 10.4. The number of rotatable bonds is 9. The average Bonchev–Trinajstić information content (AvgIpc) is 3.20. The second kappa shape index (κ2) is 12.6. The van der Waals surface area contributed by atoms with Gasteiger partial charge in [0, 0.05) is 42.0 Å². The molecule has 0 amide bonds. The maximum Gasteiger partial charge on any atom is 0.191 e. The van der Waals surface area contributed by atoms with Crippen LogP contribution >= 0.6 is 46.7 Å². The molecule has 0 aliphatic rings. The number of aryl methyl sites for hydroxylation is 2. The quantitative estimate of drug-likeness (QED) is 0.235. The van der Waals surface area contributed by atoms with Gasteiger partial charge in [-0.05, 0) is 44.1 Å². The molecule has 0 bridgehead atoms. The third kappa shape index (κ3) is 9.01. The van der Waals surface area contributed by atoms with Gasteiger partial charge >= 0.3 is 0 Å². The van der Waals surface area contributed by atoms with E-state index in [2.05, 4.69) is 52.4 Å². The molecule has 25 heavy (non-hydrogen) atoms. The van der Waals surface area contributed by atoms with Crippen LogP contribution in [0, 0.1) is 12.8 Å². The molecular weight excluding hydrogens is 463 g/mol. The molecule has 4 nitrogen and oxygen atoms in total. The number of guanidine groups is 1. The van der Waals surface area contributed by atoms with Crippen molar-refractivity contribution in [1.29, 1.82) is 0 Å². The highest BCUT2D eigenvalue weighted by atomic mass is 127. The molecule has 2 aromatic rings. The minimum absolute atomic E-state index is 0. The van der Waals surface area contributed by atoms with Crippen molar-refractivity contribution >= 4 is 52.6 Å². The first-order valence-electron chi connectivity index (χ1n) is 8.63. The van der Waals surface area contributed by atoms with Gasteiger partial charge in [0.25, 0.3) is 0 Å². The molecule has 140 valence electrons. The summed E-state index contributed by atoms with van der Waals surface area (Å²) in [5, 5.41) is 12.2. The molecule has 0 aromatic carbocycles. The topological polar surface area (TPSA) is 49.3 Å². The predicted molar refractivity (Wildman–Crippen MR) is 122 cm³/mol. The Morgan fingerprint density at radius 2 is 2.16 bits per heavy atom. The van der Waals surface area contributed by atoms with Gasteiger partial charge in [-0.1, -0.05) is 13.0 Å². The minimum atomic E-state index is 0. The molecule has 0 radical (unpaired) electrons. The van der Waals surface area contributed by atoms with Crippen molar-refractivity contribution in [3.05, 3.63) is 38.5 Å². The Hall–Kier alpha value is -0.670. The van der Waals surface area contributed by atoms with E-state index in [9.17, 15) is 0 Å². The molecule has 0 aliphatic heterocycles. The molecule has 7 heteroatoms. The highest BCUT2D eigenvalue weighted by Crippen LogP contribution is 2.14. The SMILES string of the molecule is CCNC(=NCC(C)Cc1cccs1)NCCCc1nc(C)cs1.I. The van der Waals surface area contributed by atoms with Crippen LogP contribution in [0.25, 0.3) is 0 Å². The summed E-state index contributed by atoms with van der Waals surface area (Å²) in [7, 11) is 0. The number of thiophene rings is 1. The van der Waals surface area contributed by atoms with Crippen LogP contribution in [0.4, 0.5) is 0 Å². The lowest BCUT2D eigenvalue weighted by Gasteiger charge is -2.13. The Balaban J connectivity index is 0.00000312. The maximum atomic E-state index is 4.73. The lowest BCUT2D eigenvalue weighted by molar-refractivity contribution is 0.594. The van der Waals surface area contributed by atoms with Gasteiger partial charge in [-0.2, -0.15) is 0 Å². The zero-order chi connectivity index (χ0) is 17.2. The second-order valence-electron chi connectivity index (χ2n) is 6.02. The molecule has 1 unspecified atom stereocenters. The van der Waals surface area contributed by atoms with Crippen LogP contribution in [0.3, 0.4) is 0 Å². The minimum Gasteiger partial charge on any atom is -0.357 e. The van der Waals surface area contributed by atoms with Crippen molar-refractivity contribution in [2.75, 3.05) is 19.6 Å². The van der Waals surface area contributed by atoms with Crippen molar-refractivity contribution in [3.63, 3.8) is 0 Å². The fourth-order valence-corrected chi connectivity index (χ4v) is 4.08. The van der Waals surface area contributed by atoms with Gasteiger partial charge in [0.2, 0.25) is 0 Å². The van der Waals surface area contributed by atoms with Gasteiger partial charge in [-0.25, -0.2) is 4.98 Å². The van der Waals surface area contributed by atoms with Gasteiger partial charge in [0.1, 0.15) is 0 Å². The molecule has 0 saturated heterocycles. The molecule has 0 spiro atoms. The first kappa shape index (κ1) is 22.4. The molecule has 0 aliphatic carbocycles. The Kier molecular flexibility index (Phi) is 11.3. The summed E-state index contributed by atoms with van der Waals surface area (Å²) >= 11 is 3.58. The summed E-state index contributed by atoms with van der Waals surface area (Å²) in [5.74, 6) is 1.48. The smallest absolute Gasteiger partial charge is 0.191 e. The Morgan fingerprint density at radius 1 is 1.32 bits per heavy atom. The number of nitrogens with one attached hydrogen (secondary N) is 2. The number of halogens is 1. The molecule has 1 atom stereocenters. The average molecular weight is 492 g/mol. The largest absolute Gasteiger partial charge is 0.357 e. The van der Waals surface area contributed by atoms with Gasteiger partial charge in [0.15, 0.2) is 5.96 Å². The number of aliphatic imine (C=N–C) groups is 1. The summed E-state index contributed by atoms with van der Waals surface area (Å²) in [6.07, 6.45) is 3.20. The second-order valence-corrected chi connectivity index (χ2v) is 8.00. The van der Waals surface area contributed by atoms with Gasteiger partial charge < -0.3 is 10.6 Å². The van der Waals surface area contributed by atoms with Crippen molar-refractivity contribution in [2.45, 2.75) is 40.0 Å². The number of hydrogen-bond acceptors (Lipinski definition) is 4. The lowest BCUT2D eigenvalue weighted by atomic mass is 10.1. The summed E-state index contributed by atoms with van der Waals surface area (Å²) in [6.45, 7) is 9.06. The van der Waals surface area contributed by atoms with Crippen LogP contribution < -0.4 is 10.6 Å². The molecule has 2 aromatic heterocycles. The van der Waals surface area contributed by atoms with E-state index in [1.165, 1.54) is 9.88 Å². The van der Waals surface area contributed by atoms with E-state index in [0.717, 1.165) is 50.6 Å². The summed E-state index contributed by atoms with van der Waals surface area (Å²) in [6, 6.07) is 4.32. The monoisotopic (exact) mass is 492 g/mol. The predicted octanol–water partition coefficient (Wildman–Crippen LogP) is 4.50. The standard InChI is InChI=1S/C18H28N4S2.HI/c1-4-19-18(20-9-5-8-17-22-15(3)13-24-17)21-12-14(2)11-16-7-6-10-23-16;/h6-7,10,13-14H,4-5,8-9,11-12H2,1-3H3,(H2,19,20,21);1H. The first-order chi connectivity index (χ1) is 11.7. The fourth-order valence-electron chi connectivity index (χ4n) is 2.39. The van der Waals surface area contributed by atoms with Crippen LogP contribution in [0.15, 0.2) is 27.9 Å². The van der Waals surface area contributed by atoms with Crippen LogP contribution in [0.1, 0.15) is 35.8 Å². The normalized spacial score (nSPS) is 12.5. The molecule has 0 fully saturated rings.